The van der Waals surface area contributed by atoms with Crippen LogP contribution in [0.2, 0.25) is 0 Å². The summed E-state index contributed by atoms with van der Waals surface area (Å²) in [6, 6.07) is 12.2. The fourth-order valence-corrected chi connectivity index (χ4v) is 3.02. The van der Waals surface area contributed by atoms with Gasteiger partial charge in [0.25, 0.3) is 11.5 Å². The third-order valence-corrected chi connectivity index (χ3v) is 3.99. The van der Waals surface area contributed by atoms with E-state index in [1.54, 1.807) is 6.07 Å². The molecule has 0 saturated heterocycles. The zero-order chi connectivity index (χ0) is 14.6. The molecule has 0 unspecified atom stereocenters. The zero-order valence-corrected chi connectivity index (χ0v) is 11.0. The molecule has 6 nitrogen and oxygen atoms in total. The number of benzene rings is 2. The SMILES string of the molecule is O=[N+]([O-])c1ccc2c(c1)[n+]([O-])c1n2CCc2ccccc2-1. The number of nitro benzene ring substituents is 1. The molecule has 0 radical (unpaired) electrons. The van der Waals surface area contributed by atoms with Crippen molar-refractivity contribution in [1.82, 2.24) is 4.57 Å². The second-order valence-electron chi connectivity index (χ2n) is 5.11. The van der Waals surface area contributed by atoms with E-state index in [1.807, 2.05) is 28.8 Å². The average molecular weight is 281 g/mol. The number of fused-ring (bicyclic) bond motifs is 5. The van der Waals surface area contributed by atoms with Crippen LogP contribution in [0.1, 0.15) is 5.56 Å². The Morgan fingerprint density at radius 3 is 2.81 bits per heavy atom. The van der Waals surface area contributed by atoms with Gasteiger partial charge in [-0.2, -0.15) is 0 Å². The Hall–Kier alpha value is -2.89. The molecule has 1 aliphatic heterocycles. The summed E-state index contributed by atoms with van der Waals surface area (Å²) in [5, 5.41) is 23.5. The zero-order valence-electron chi connectivity index (χ0n) is 11.0. The Morgan fingerprint density at radius 1 is 1.19 bits per heavy atom. The molecule has 0 saturated carbocycles. The molecule has 2 aromatic carbocycles. The van der Waals surface area contributed by atoms with Gasteiger partial charge in [-0.3, -0.25) is 10.1 Å². The van der Waals surface area contributed by atoms with Gasteiger partial charge in [0.05, 0.1) is 23.1 Å². The van der Waals surface area contributed by atoms with Crippen molar-refractivity contribution in [3.05, 3.63) is 63.3 Å². The second kappa shape index (κ2) is 4.05. The van der Waals surface area contributed by atoms with Crippen LogP contribution in [0.3, 0.4) is 0 Å². The Balaban J connectivity index is 2.07. The highest BCUT2D eigenvalue weighted by Crippen LogP contribution is 2.31. The molecule has 2 heterocycles. The smallest absolute Gasteiger partial charge is 0.293 e. The molecular formula is C15H11N3O3. The highest BCUT2D eigenvalue weighted by molar-refractivity contribution is 5.79. The van der Waals surface area contributed by atoms with Crippen molar-refractivity contribution in [3.63, 3.8) is 0 Å². The van der Waals surface area contributed by atoms with Gasteiger partial charge in [-0.05, 0) is 17.7 Å². The third kappa shape index (κ3) is 1.56. The highest BCUT2D eigenvalue weighted by atomic mass is 16.6. The molecular weight excluding hydrogens is 270 g/mol. The van der Waals surface area contributed by atoms with Crippen LogP contribution < -0.4 is 4.73 Å². The molecule has 0 N–H and O–H groups in total. The summed E-state index contributed by atoms with van der Waals surface area (Å²) in [6.45, 7) is 0.704. The van der Waals surface area contributed by atoms with E-state index in [0.29, 0.717) is 17.9 Å². The monoisotopic (exact) mass is 281 g/mol. The van der Waals surface area contributed by atoms with Crippen LogP contribution in [0.25, 0.3) is 22.4 Å². The quantitative estimate of drug-likeness (QED) is 0.297. The maximum atomic E-state index is 12.6. The van der Waals surface area contributed by atoms with E-state index in [9.17, 15) is 15.3 Å². The lowest BCUT2D eigenvalue weighted by Crippen LogP contribution is -2.30. The molecule has 1 aromatic heterocycles. The number of non-ortho nitro benzene ring substituents is 1. The van der Waals surface area contributed by atoms with Crippen molar-refractivity contribution in [2.75, 3.05) is 0 Å². The molecule has 1 aliphatic rings. The lowest BCUT2D eigenvalue weighted by Gasteiger charge is -2.15. The molecule has 104 valence electrons. The van der Waals surface area contributed by atoms with Gasteiger partial charge in [0.15, 0.2) is 11.0 Å². The van der Waals surface area contributed by atoms with Gasteiger partial charge < -0.3 is 5.21 Å². The minimum atomic E-state index is -0.482. The normalized spacial score (nSPS) is 13.0. The van der Waals surface area contributed by atoms with Gasteiger partial charge in [0, 0.05) is 12.5 Å². The minimum absolute atomic E-state index is 0.0664. The van der Waals surface area contributed by atoms with Gasteiger partial charge in [-0.15, -0.1) is 0 Å². The van der Waals surface area contributed by atoms with Crippen molar-refractivity contribution >= 4 is 16.7 Å². The van der Waals surface area contributed by atoms with Crippen LogP contribution in [-0.4, -0.2) is 9.49 Å². The highest BCUT2D eigenvalue weighted by Gasteiger charge is 2.29. The lowest BCUT2D eigenvalue weighted by molar-refractivity contribution is -0.566. The molecule has 6 heteroatoms. The maximum Gasteiger partial charge on any atom is 0.293 e. The Labute approximate surface area is 119 Å². The first-order chi connectivity index (χ1) is 10.2. The van der Waals surface area contributed by atoms with E-state index in [1.165, 1.54) is 12.1 Å². The topological polar surface area (TPSA) is 75.0 Å². The predicted octanol–water partition coefficient (Wildman–Crippen LogP) is 2.41. The molecule has 0 amide bonds. The van der Waals surface area contributed by atoms with Crippen molar-refractivity contribution in [2.45, 2.75) is 13.0 Å². The Morgan fingerprint density at radius 2 is 2.00 bits per heavy atom. The number of rotatable bonds is 1. The van der Waals surface area contributed by atoms with Crippen LogP contribution in [0, 0.1) is 15.3 Å². The predicted molar refractivity (Wildman–Crippen MR) is 76.7 cm³/mol. The van der Waals surface area contributed by atoms with E-state index in [-0.39, 0.29) is 5.69 Å². The minimum Gasteiger partial charge on any atom is -0.710 e. The molecule has 21 heavy (non-hydrogen) atoms. The second-order valence-corrected chi connectivity index (χ2v) is 5.11. The van der Waals surface area contributed by atoms with E-state index >= 15 is 0 Å². The Kier molecular flexibility index (Phi) is 2.29. The summed E-state index contributed by atoms with van der Waals surface area (Å²) in [5.41, 5.74) is 3.05. The number of nitrogens with zero attached hydrogens (tertiary/aromatic N) is 3. The Bertz CT molecular complexity index is 899. The number of nitro groups is 1. The van der Waals surface area contributed by atoms with Crippen LogP contribution in [0.15, 0.2) is 42.5 Å². The number of imidazole rings is 1. The van der Waals surface area contributed by atoms with Gasteiger partial charge >= 0.3 is 0 Å². The van der Waals surface area contributed by atoms with Gasteiger partial charge in [0.1, 0.15) is 0 Å². The van der Waals surface area contributed by atoms with E-state index in [4.69, 9.17) is 0 Å². The van der Waals surface area contributed by atoms with Crippen molar-refractivity contribution in [3.8, 4) is 11.4 Å². The van der Waals surface area contributed by atoms with Crippen LogP contribution in [0.5, 0.6) is 0 Å². The first-order valence-electron chi connectivity index (χ1n) is 6.65. The summed E-state index contributed by atoms with van der Waals surface area (Å²) in [6.07, 6.45) is 0.851. The average Bonchev–Trinajstić information content (AvgIpc) is 2.80. The summed E-state index contributed by atoms with van der Waals surface area (Å²) < 4.78 is 2.74. The number of hydrogen-bond acceptors (Lipinski definition) is 3. The molecule has 0 bridgehead atoms. The summed E-state index contributed by atoms with van der Waals surface area (Å²) >= 11 is 0. The van der Waals surface area contributed by atoms with Crippen molar-refractivity contribution in [2.24, 2.45) is 0 Å². The summed E-state index contributed by atoms with van der Waals surface area (Å²) in [5.74, 6) is 0.562. The van der Waals surface area contributed by atoms with Gasteiger partial charge in [0.2, 0.25) is 0 Å². The first-order valence-corrected chi connectivity index (χ1v) is 6.65. The molecule has 0 fully saturated rings. The lowest BCUT2D eigenvalue weighted by atomic mass is 10.0. The number of aromatic nitrogens is 2. The largest absolute Gasteiger partial charge is 0.710 e. The molecule has 3 aromatic rings. The van der Waals surface area contributed by atoms with Gasteiger partial charge in [-0.1, -0.05) is 18.2 Å². The van der Waals surface area contributed by atoms with E-state index < -0.39 is 4.92 Å². The van der Waals surface area contributed by atoms with Crippen LogP contribution >= 0.6 is 0 Å². The van der Waals surface area contributed by atoms with Crippen LogP contribution in [-0.2, 0) is 13.0 Å². The maximum absolute atomic E-state index is 12.6. The number of aryl methyl sites for hydroxylation is 2. The fraction of sp³-hybridized carbons (Fsp3) is 0.133. The molecule has 4 rings (SSSR count). The van der Waals surface area contributed by atoms with E-state index in [2.05, 4.69) is 0 Å². The first kappa shape index (κ1) is 11.9. The van der Waals surface area contributed by atoms with Gasteiger partial charge in [-0.25, -0.2) is 9.30 Å². The van der Waals surface area contributed by atoms with Crippen molar-refractivity contribution < 1.29 is 9.65 Å². The molecule has 0 spiro atoms. The molecule has 0 atom stereocenters. The third-order valence-electron chi connectivity index (χ3n) is 3.99. The molecule has 0 aliphatic carbocycles. The standard InChI is InChI=1S/C15H11N3O3/c19-17-14-9-11(18(20)21)5-6-13(14)16-8-7-10-3-1-2-4-12(10)15(16)17/h1-6,9H,7-8H2. The number of hydrogen-bond donors (Lipinski definition) is 0. The summed E-state index contributed by atoms with van der Waals surface area (Å²) in [4.78, 5) is 10.4. The van der Waals surface area contributed by atoms with Crippen LogP contribution in [0.4, 0.5) is 5.69 Å². The van der Waals surface area contributed by atoms with E-state index in [0.717, 1.165) is 27.8 Å². The fourth-order valence-electron chi connectivity index (χ4n) is 3.02. The van der Waals surface area contributed by atoms with Crippen molar-refractivity contribution in [1.29, 1.82) is 0 Å². The summed E-state index contributed by atoms with van der Waals surface area (Å²) in [7, 11) is 0.